The lowest BCUT2D eigenvalue weighted by atomic mass is 10.0. The second-order valence-corrected chi connectivity index (χ2v) is 7.45. The third-order valence-corrected chi connectivity index (χ3v) is 5.61. The van der Waals surface area contributed by atoms with Gasteiger partial charge >= 0.3 is 0 Å². The maximum absolute atomic E-state index is 11.8. The Balaban J connectivity index is 1.96. The van der Waals surface area contributed by atoms with Gasteiger partial charge in [0.15, 0.2) is 0 Å². The molecule has 1 unspecified atom stereocenters. The van der Waals surface area contributed by atoms with Crippen molar-refractivity contribution in [2.24, 2.45) is 0 Å². The Morgan fingerprint density at radius 2 is 1.67 bits per heavy atom. The molecule has 3 aromatic rings. The van der Waals surface area contributed by atoms with Gasteiger partial charge in [0.1, 0.15) is 12.0 Å². The van der Waals surface area contributed by atoms with E-state index in [-0.39, 0.29) is 4.90 Å². The van der Waals surface area contributed by atoms with Crippen LogP contribution in [0, 0.1) is 0 Å². The molecular formula is C15H12N2O5S2. The van der Waals surface area contributed by atoms with Crippen LogP contribution < -0.4 is 4.13 Å². The van der Waals surface area contributed by atoms with E-state index in [9.17, 15) is 12.6 Å². The molecule has 0 radical (unpaired) electrons. The molecule has 3 rings (SSSR count). The molecule has 0 bridgehead atoms. The first-order valence-corrected chi connectivity index (χ1v) is 9.30. The van der Waals surface area contributed by atoms with Gasteiger partial charge in [-0.25, -0.2) is 12.6 Å². The minimum atomic E-state index is -4.05. The number of hydrogen-bond acceptors (Lipinski definition) is 5. The summed E-state index contributed by atoms with van der Waals surface area (Å²) in [6.07, 6.45) is 1.48. The number of rotatable bonds is 5. The summed E-state index contributed by atoms with van der Waals surface area (Å²) in [5.74, 6) is 0. The van der Waals surface area contributed by atoms with Crippen molar-refractivity contribution in [1.29, 1.82) is 0 Å². The largest absolute Gasteiger partial charge is 0.363 e. The van der Waals surface area contributed by atoms with Gasteiger partial charge in [-0.1, -0.05) is 47.6 Å². The Kier molecular flexibility index (Phi) is 4.58. The van der Waals surface area contributed by atoms with Crippen LogP contribution in [-0.2, 0) is 21.3 Å². The maximum atomic E-state index is 11.8. The first-order valence-electron chi connectivity index (χ1n) is 6.71. The molecular weight excluding hydrogens is 352 g/mol. The van der Waals surface area contributed by atoms with Crippen molar-refractivity contribution in [3.8, 4) is 22.4 Å². The van der Waals surface area contributed by atoms with Crippen LogP contribution in [0.5, 0.6) is 0 Å². The SMILES string of the molecule is O=S(O)NS(=O)(=O)c1ccc(-c2conc2-c2ccccc2)cc1. The molecule has 9 heteroatoms. The molecule has 0 aliphatic heterocycles. The van der Waals surface area contributed by atoms with Gasteiger partial charge in [-0.15, -0.1) is 4.13 Å². The summed E-state index contributed by atoms with van der Waals surface area (Å²) in [5.41, 5.74) is 2.93. The fraction of sp³-hybridized carbons (Fsp3) is 0. The second-order valence-electron chi connectivity index (χ2n) is 4.80. The molecule has 7 nitrogen and oxygen atoms in total. The van der Waals surface area contributed by atoms with E-state index in [0.717, 1.165) is 5.56 Å². The monoisotopic (exact) mass is 364 g/mol. The average molecular weight is 364 g/mol. The zero-order valence-electron chi connectivity index (χ0n) is 12.1. The zero-order valence-corrected chi connectivity index (χ0v) is 13.8. The van der Waals surface area contributed by atoms with Gasteiger partial charge < -0.3 is 4.52 Å². The van der Waals surface area contributed by atoms with Crippen molar-refractivity contribution in [1.82, 2.24) is 9.28 Å². The maximum Gasteiger partial charge on any atom is 0.253 e. The van der Waals surface area contributed by atoms with Crippen molar-refractivity contribution < 1.29 is 21.7 Å². The van der Waals surface area contributed by atoms with Crippen LogP contribution in [0.15, 0.2) is 70.3 Å². The first-order chi connectivity index (χ1) is 11.5. The van der Waals surface area contributed by atoms with E-state index in [1.165, 1.54) is 18.4 Å². The molecule has 0 saturated carbocycles. The highest BCUT2D eigenvalue weighted by atomic mass is 32.3. The summed E-state index contributed by atoms with van der Waals surface area (Å²) in [4.78, 5) is -0.119. The Morgan fingerprint density at radius 3 is 2.29 bits per heavy atom. The third kappa shape index (κ3) is 3.44. The molecule has 1 aromatic heterocycles. The van der Waals surface area contributed by atoms with Gasteiger partial charge in [-0.2, -0.15) is 0 Å². The topological polar surface area (TPSA) is 110 Å². The Hall–Kier alpha value is -2.33. The number of aromatic nitrogens is 1. The molecule has 1 atom stereocenters. The Bertz CT molecular complexity index is 967. The van der Waals surface area contributed by atoms with Crippen LogP contribution in [0.3, 0.4) is 0 Å². The lowest BCUT2D eigenvalue weighted by molar-refractivity contribution is 0.422. The normalized spacial score (nSPS) is 12.9. The van der Waals surface area contributed by atoms with Crippen LogP contribution in [0.4, 0.5) is 0 Å². The van der Waals surface area contributed by atoms with Gasteiger partial charge in [0, 0.05) is 11.1 Å². The van der Waals surface area contributed by atoms with E-state index in [4.69, 9.17) is 9.08 Å². The van der Waals surface area contributed by atoms with Crippen molar-refractivity contribution >= 4 is 21.3 Å². The van der Waals surface area contributed by atoms with Crippen LogP contribution in [0.1, 0.15) is 0 Å². The van der Waals surface area contributed by atoms with E-state index in [1.807, 2.05) is 30.3 Å². The highest BCUT2D eigenvalue weighted by molar-refractivity contribution is 8.00. The average Bonchev–Trinajstić information content (AvgIpc) is 3.04. The standard InChI is InChI=1S/C15H12N2O5S2/c18-23(19)17-24(20,21)13-8-6-11(7-9-13)14-10-22-16-15(14)12-4-2-1-3-5-12/h1-10,17H,(H,18,19). The van der Waals surface area contributed by atoms with Crippen LogP contribution in [0.2, 0.25) is 0 Å². The fourth-order valence-electron chi connectivity index (χ4n) is 2.20. The molecule has 0 aliphatic rings. The predicted octanol–water partition coefficient (Wildman–Crippen LogP) is 2.42. The van der Waals surface area contributed by atoms with Crippen LogP contribution >= 0.6 is 0 Å². The van der Waals surface area contributed by atoms with Gasteiger partial charge in [-0.3, -0.25) is 4.55 Å². The molecule has 0 aliphatic carbocycles. The van der Waals surface area contributed by atoms with E-state index >= 15 is 0 Å². The first kappa shape index (κ1) is 16.5. The summed E-state index contributed by atoms with van der Waals surface area (Å²) >= 11 is -2.66. The molecule has 124 valence electrons. The molecule has 0 amide bonds. The van der Waals surface area contributed by atoms with E-state index in [1.54, 1.807) is 16.3 Å². The molecule has 2 N–H and O–H groups in total. The molecule has 0 fully saturated rings. The van der Waals surface area contributed by atoms with Crippen molar-refractivity contribution in [3.63, 3.8) is 0 Å². The van der Waals surface area contributed by atoms with Crippen LogP contribution in [0.25, 0.3) is 22.4 Å². The number of benzene rings is 2. The third-order valence-electron chi connectivity index (χ3n) is 3.27. The van der Waals surface area contributed by atoms with Crippen molar-refractivity contribution in [2.45, 2.75) is 4.90 Å². The number of hydrogen-bond donors (Lipinski definition) is 2. The minimum Gasteiger partial charge on any atom is -0.363 e. The van der Waals surface area contributed by atoms with Crippen molar-refractivity contribution in [3.05, 3.63) is 60.9 Å². The highest BCUT2D eigenvalue weighted by Crippen LogP contribution is 2.31. The van der Waals surface area contributed by atoms with E-state index < -0.39 is 21.3 Å². The predicted molar refractivity (Wildman–Crippen MR) is 88.5 cm³/mol. The number of nitrogens with zero attached hydrogens (tertiary/aromatic N) is 1. The summed E-state index contributed by atoms with van der Waals surface area (Å²) < 4.78 is 49.6. The van der Waals surface area contributed by atoms with E-state index in [2.05, 4.69) is 5.16 Å². The molecule has 1 heterocycles. The number of sulfonamides is 1. The smallest absolute Gasteiger partial charge is 0.253 e. The lowest BCUT2D eigenvalue weighted by Crippen LogP contribution is -2.25. The zero-order chi connectivity index (χ0) is 17.2. The van der Waals surface area contributed by atoms with Crippen LogP contribution in [-0.4, -0.2) is 22.3 Å². The summed E-state index contributed by atoms with van der Waals surface area (Å²) in [7, 11) is -4.05. The van der Waals surface area contributed by atoms with Gasteiger partial charge in [0.25, 0.3) is 10.0 Å². The molecule has 2 aromatic carbocycles. The quantitative estimate of drug-likeness (QED) is 0.673. The van der Waals surface area contributed by atoms with Crippen molar-refractivity contribution in [2.75, 3.05) is 0 Å². The second kappa shape index (κ2) is 6.65. The van der Waals surface area contributed by atoms with Gasteiger partial charge in [-0.05, 0) is 17.7 Å². The summed E-state index contributed by atoms with van der Waals surface area (Å²) in [6.45, 7) is 0. The molecule has 0 spiro atoms. The Labute approximate surface area is 140 Å². The molecule has 24 heavy (non-hydrogen) atoms. The lowest BCUT2D eigenvalue weighted by Gasteiger charge is -2.05. The van der Waals surface area contributed by atoms with E-state index in [0.29, 0.717) is 16.8 Å². The number of nitrogens with one attached hydrogen (secondary N) is 1. The summed E-state index contributed by atoms with van der Waals surface area (Å²) in [5, 5.41) is 3.99. The molecule has 0 saturated heterocycles. The highest BCUT2D eigenvalue weighted by Gasteiger charge is 2.17. The summed E-state index contributed by atoms with van der Waals surface area (Å²) in [6, 6.07) is 15.3. The fourth-order valence-corrected chi connectivity index (χ4v) is 3.83. The minimum absolute atomic E-state index is 0.119. The van der Waals surface area contributed by atoms with Gasteiger partial charge in [0.05, 0.1) is 4.90 Å². The Morgan fingerprint density at radius 1 is 1.00 bits per heavy atom. The van der Waals surface area contributed by atoms with Gasteiger partial charge in [0.2, 0.25) is 11.3 Å².